The molecule has 0 fully saturated rings. The average Bonchev–Trinajstić information content (AvgIpc) is 2.21. The van der Waals surface area contributed by atoms with Crippen molar-refractivity contribution in [2.45, 2.75) is 31.3 Å². The van der Waals surface area contributed by atoms with Gasteiger partial charge >= 0.3 is 0 Å². The van der Waals surface area contributed by atoms with E-state index in [0.717, 1.165) is 17.7 Å². The fraction of sp³-hybridized carbons (Fsp3) is 0.545. The Morgan fingerprint density at radius 1 is 1.60 bits per heavy atom. The Hall–Kier alpha value is -0.740. The van der Waals surface area contributed by atoms with Gasteiger partial charge in [0, 0.05) is 22.2 Å². The van der Waals surface area contributed by atoms with E-state index < -0.39 is 10.8 Å². The first-order chi connectivity index (χ1) is 7.15. The number of hydrogen-bond donors (Lipinski definition) is 1. The molecule has 1 aromatic heterocycles. The third-order valence-electron chi connectivity index (χ3n) is 2.42. The number of aromatic nitrogens is 1. The predicted octanol–water partition coefficient (Wildman–Crippen LogP) is 1.38. The molecule has 2 unspecified atom stereocenters. The molecule has 3 nitrogen and oxygen atoms in total. The van der Waals surface area contributed by atoms with Gasteiger partial charge < -0.3 is 5.73 Å². The second-order valence-corrected chi connectivity index (χ2v) is 5.53. The maximum absolute atomic E-state index is 11.9. The fourth-order valence-electron chi connectivity index (χ4n) is 1.31. The Kier molecular flexibility index (Phi) is 4.91. The van der Waals surface area contributed by atoms with Gasteiger partial charge in [0.25, 0.3) is 0 Å². The molecule has 84 valence electrons. The normalized spacial score (nSPS) is 14.9. The molecular formula is C11H18N2OS. The van der Waals surface area contributed by atoms with Crippen molar-refractivity contribution in [3.05, 3.63) is 29.6 Å². The first-order valence-corrected chi connectivity index (χ1v) is 6.51. The van der Waals surface area contributed by atoms with E-state index in [1.54, 1.807) is 6.20 Å². The van der Waals surface area contributed by atoms with E-state index in [-0.39, 0.29) is 5.25 Å². The molecule has 0 spiro atoms. The molecule has 15 heavy (non-hydrogen) atoms. The highest BCUT2D eigenvalue weighted by Gasteiger charge is 2.12. The summed E-state index contributed by atoms with van der Waals surface area (Å²) in [5.41, 5.74) is 7.47. The Morgan fingerprint density at radius 3 is 2.93 bits per heavy atom. The van der Waals surface area contributed by atoms with Crippen molar-refractivity contribution in [1.29, 1.82) is 0 Å². The number of hydrogen-bond acceptors (Lipinski definition) is 3. The van der Waals surface area contributed by atoms with Gasteiger partial charge in [0.2, 0.25) is 0 Å². The molecule has 0 amide bonds. The number of aryl methyl sites for hydroxylation is 1. The smallest absolute Gasteiger partial charge is 0.0664 e. The summed E-state index contributed by atoms with van der Waals surface area (Å²) in [7, 11) is -0.868. The van der Waals surface area contributed by atoms with Crippen LogP contribution in [0.1, 0.15) is 24.6 Å². The summed E-state index contributed by atoms with van der Waals surface area (Å²) < 4.78 is 11.9. The van der Waals surface area contributed by atoms with Crippen LogP contribution in [0.4, 0.5) is 0 Å². The van der Waals surface area contributed by atoms with Gasteiger partial charge in [-0.1, -0.05) is 13.0 Å². The van der Waals surface area contributed by atoms with E-state index in [1.807, 2.05) is 26.0 Å². The largest absolute Gasteiger partial charge is 0.330 e. The zero-order valence-corrected chi connectivity index (χ0v) is 10.1. The van der Waals surface area contributed by atoms with Gasteiger partial charge in [0.05, 0.1) is 11.4 Å². The van der Waals surface area contributed by atoms with Crippen LogP contribution in [-0.2, 0) is 16.6 Å². The molecule has 2 N–H and O–H groups in total. The van der Waals surface area contributed by atoms with Crippen LogP contribution in [0.2, 0.25) is 0 Å². The molecule has 0 aliphatic heterocycles. The van der Waals surface area contributed by atoms with E-state index in [2.05, 4.69) is 4.98 Å². The van der Waals surface area contributed by atoms with Gasteiger partial charge in [-0.25, -0.2) is 0 Å². The maximum Gasteiger partial charge on any atom is 0.0664 e. The van der Waals surface area contributed by atoms with E-state index in [9.17, 15) is 4.21 Å². The number of nitrogens with zero attached hydrogens (tertiary/aromatic N) is 1. The second-order valence-electron chi connectivity index (χ2n) is 3.68. The van der Waals surface area contributed by atoms with Gasteiger partial charge in [-0.05, 0) is 31.5 Å². The van der Waals surface area contributed by atoms with Crippen LogP contribution in [0, 0.1) is 6.92 Å². The molecule has 1 rings (SSSR count). The second kappa shape index (κ2) is 5.98. The molecule has 0 radical (unpaired) electrons. The Labute approximate surface area is 93.6 Å². The first kappa shape index (κ1) is 12.3. The van der Waals surface area contributed by atoms with Gasteiger partial charge in [0.15, 0.2) is 0 Å². The predicted molar refractivity (Wildman–Crippen MR) is 64.0 cm³/mol. The monoisotopic (exact) mass is 226 g/mol. The molecule has 1 heterocycles. The molecule has 0 saturated carbocycles. The lowest BCUT2D eigenvalue weighted by molar-refractivity contribution is 0.665. The summed E-state index contributed by atoms with van der Waals surface area (Å²) in [6.07, 6.45) is 2.55. The third-order valence-corrected chi connectivity index (χ3v) is 4.11. The third kappa shape index (κ3) is 3.72. The summed E-state index contributed by atoms with van der Waals surface area (Å²) in [5.74, 6) is 0.536. The highest BCUT2D eigenvalue weighted by molar-refractivity contribution is 7.84. The van der Waals surface area contributed by atoms with Crippen LogP contribution >= 0.6 is 0 Å². The molecule has 0 saturated heterocycles. The zero-order valence-electron chi connectivity index (χ0n) is 9.27. The van der Waals surface area contributed by atoms with E-state index in [0.29, 0.717) is 12.3 Å². The van der Waals surface area contributed by atoms with Crippen molar-refractivity contribution in [2.24, 2.45) is 5.73 Å². The van der Waals surface area contributed by atoms with Crippen LogP contribution in [0.15, 0.2) is 18.3 Å². The fourth-order valence-corrected chi connectivity index (χ4v) is 2.57. The van der Waals surface area contributed by atoms with E-state index in [4.69, 9.17) is 5.73 Å². The van der Waals surface area contributed by atoms with Gasteiger partial charge in [-0.2, -0.15) is 0 Å². The van der Waals surface area contributed by atoms with Crippen LogP contribution in [-0.4, -0.2) is 21.0 Å². The molecule has 0 aromatic carbocycles. The topological polar surface area (TPSA) is 56.0 Å². The van der Waals surface area contributed by atoms with Crippen LogP contribution in [0.3, 0.4) is 0 Å². The molecule has 0 aliphatic rings. The summed E-state index contributed by atoms with van der Waals surface area (Å²) in [5, 5.41) is 0.149. The molecular weight excluding hydrogens is 208 g/mol. The van der Waals surface area contributed by atoms with Crippen molar-refractivity contribution in [1.82, 2.24) is 4.98 Å². The Morgan fingerprint density at radius 2 is 2.33 bits per heavy atom. The van der Waals surface area contributed by atoms with Crippen molar-refractivity contribution in [3.63, 3.8) is 0 Å². The van der Waals surface area contributed by atoms with E-state index >= 15 is 0 Å². The Bertz CT molecular complexity index is 341. The van der Waals surface area contributed by atoms with Gasteiger partial charge in [-0.3, -0.25) is 9.19 Å². The van der Waals surface area contributed by atoms with E-state index in [1.165, 1.54) is 0 Å². The Balaban J connectivity index is 2.62. The van der Waals surface area contributed by atoms with Gasteiger partial charge in [0.1, 0.15) is 0 Å². The summed E-state index contributed by atoms with van der Waals surface area (Å²) >= 11 is 0. The lowest BCUT2D eigenvalue weighted by atomic mass is 10.2. The number of nitrogens with two attached hydrogens (primary N) is 1. The minimum absolute atomic E-state index is 0.149. The van der Waals surface area contributed by atoms with Gasteiger partial charge in [-0.15, -0.1) is 0 Å². The SMILES string of the molecule is Cc1cccnc1CS(=O)C(C)CCN. The summed E-state index contributed by atoms with van der Waals surface area (Å²) in [6.45, 7) is 4.56. The first-order valence-electron chi connectivity index (χ1n) is 5.13. The lowest BCUT2D eigenvalue weighted by Crippen LogP contribution is -2.18. The summed E-state index contributed by atoms with van der Waals surface area (Å²) in [6, 6.07) is 3.89. The van der Waals surface area contributed by atoms with Crippen LogP contribution in [0.25, 0.3) is 0 Å². The van der Waals surface area contributed by atoms with Crippen LogP contribution < -0.4 is 5.73 Å². The average molecular weight is 226 g/mol. The number of rotatable bonds is 5. The quantitative estimate of drug-likeness (QED) is 0.825. The number of pyridine rings is 1. The maximum atomic E-state index is 11.9. The summed E-state index contributed by atoms with van der Waals surface area (Å²) in [4.78, 5) is 4.24. The van der Waals surface area contributed by atoms with Crippen molar-refractivity contribution >= 4 is 10.8 Å². The molecule has 0 aliphatic carbocycles. The highest BCUT2D eigenvalue weighted by Crippen LogP contribution is 2.10. The minimum Gasteiger partial charge on any atom is -0.330 e. The lowest BCUT2D eigenvalue weighted by Gasteiger charge is -2.10. The molecule has 2 atom stereocenters. The standard InChI is InChI=1S/C11H18N2OS/c1-9-4-3-7-13-11(9)8-15(14)10(2)5-6-12/h3-4,7,10H,5-6,8,12H2,1-2H3. The molecule has 1 aromatic rings. The minimum atomic E-state index is -0.868. The van der Waals surface area contributed by atoms with Crippen molar-refractivity contribution < 1.29 is 4.21 Å². The van der Waals surface area contributed by atoms with Crippen molar-refractivity contribution in [2.75, 3.05) is 6.54 Å². The van der Waals surface area contributed by atoms with Crippen LogP contribution in [0.5, 0.6) is 0 Å². The molecule has 0 bridgehead atoms. The van der Waals surface area contributed by atoms with Crippen molar-refractivity contribution in [3.8, 4) is 0 Å². The molecule has 4 heteroatoms. The zero-order chi connectivity index (χ0) is 11.3. The highest BCUT2D eigenvalue weighted by atomic mass is 32.2.